The van der Waals surface area contributed by atoms with Crippen LogP contribution in [0.15, 0.2) is 61.2 Å². The fourth-order valence-corrected chi connectivity index (χ4v) is 12.8. The summed E-state index contributed by atoms with van der Waals surface area (Å²) >= 11 is 0. The van der Waals surface area contributed by atoms with E-state index in [1.54, 1.807) is 0 Å². The zero-order chi connectivity index (χ0) is 31.0. The summed E-state index contributed by atoms with van der Waals surface area (Å²) in [5, 5.41) is 2.57. The first-order valence-corrected chi connectivity index (χ1v) is 17.9. The fraction of sp³-hybridized carbons (Fsp3) is 0.472. The maximum Gasteiger partial charge on any atom is 0.227 e. The SMILES string of the molecule is CC(C)S(C(C)C)(C(C)C)n1ccc2c(-c3cncc(-c4ccc(N5CCCC5=O)cc4)c3)c(OC3CCOCC3)cnc21. The molecule has 0 unspecified atom stereocenters. The maximum atomic E-state index is 12.3. The molecule has 2 aliphatic heterocycles. The molecule has 8 heteroatoms. The van der Waals surface area contributed by atoms with Crippen molar-refractivity contribution in [1.82, 2.24) is 13.9 Å². The van der Waals surface area contributed by atoms with Gasteiger partial charge in [-0.3, -0.25) is 13.8 Å². The van der Waals surface area contributed by atoms with Crippen LogP contribution >= 0.6 is 10.2 Å². The van der Waals surface area contributed by atoms with E-state index < -0.39 is 10.2 Å². The first kappa shape index (κ1) is 30.7. The number of fused-ring (bicyclic) bond motifs is 1. The van der Waals surface area contributed by atoms with E-state index in [0.29, 0.717) is 35.4 Å². The van der Waals surface area contributed by atoms with Gasteiger partial charge in [-0.1, -0.05) is 53.7 Å². The quantitative estimate of drug-likeness (QED) is 0.190. The second-order valence-corrected chi connectivity index (χ2v) is 17.5. The molecule has 6 rings (SSSR count). The molecule has 2 aliphatic rings. The molecule has 0 bridgehead atoms. The fourth-order valence-electron chi connectivity index (χ4n) is 7.46. The Morgan fingerprint density at radius 2 is 1.57 bits per heavy atom. The van der Waals surface area contributed by atoms with Crippen molar-refractivity contribution in [2.45, 2.75) is 89.1 Å². The second-order valence-electron chi connectivity index (χ2n) is 12.8. The predicted octanol–water partition coefficient (Wildman–Crippen LogP) is 8.24. The molecular weight excluding hydrogens is 568 g/mol. The first-order valence-electron chi connectivity index (χ1n) is 16.1. The van der Waals surface area contributed by atoms with Gasteiger partial charge in [-0.15, -0.1) is 0 Å². The molecule has 0 atom stereocenters. The van der Waals surface area contributed by atoms with Crippen LogP contribution in [0.1, 0.15) is 67.2 Å². The van der Waals surface area contributed by atoms with Gasteiger partial charge < -0.3 is 14.4 Å². The van der Waals surface area contributed by atoms with Crippen molar-refractivity contribution in [2.24, 2.45) is 0 Å². The highest BCUT2D eigenvalue weighted by Crippen LogP contribution is 2.62. The van der Waals surface area contributed by atoms with E-state index in [1.807, 2.05) is 35.6 Å². The molecule has 0 spiro atoms. The van der Waals surface area contributed by atoms with Crippen molar-refractivity contribution in [3.63, 3.8) is 0 Å². The van der Waals surface area contributed by atoms with Crippen molar-refractivity contribution in [3.8, 4) is 28.0 Å². The van der Waals surface area contributed by atoms with E-state index in [9.17, 15) is 4.79 Å². The molecule has 2 saturated heterocycles. The van der Waals surface area contributed by atoms with Gasteiger partial charge in [0.05, 0.1) is 19.4 Å². The number of rotatable bonds is 9. The van der Waals surface area contributed by atoms with Gasteiger partial charge in [0.15, 0.2) is 0 Å². The van der Waals surface area contributed by atoms with E-state index in [-0.39, 0.29) is 12.0 Å². The monoisotopic (exact) mass is 614 g/mol. The van der Waals surface area contributed by atoms with Gasteiger partial charge in [0, 0.05) is 87.9 Å². The molecule has 1 amide bonds. The van der Waals surface area contributed by atoms with E-state index >= 15 is 0 Å². The van der Waals surface area contributed by atoms with Gasteiger partial charge in [-0.05, 0) is 36.2 Å². The minimum atomic E-state index is -1.26. The highest BCUT2D eigenvalue weighted by molar-refractivity contribution is 8.33. The number of benzene rings is 1. The van der Waals surface area contributed by atoms with Crippen LogP contribution in [-0.4, -0.2) is 61.5 Å². The molecule has 0 N–H and O–H groups in total. The Labute approximate surface area is 263 Å². The molecule has 0 aliphatic carbocycles. The molecular formula is C36H46N4O3S. The van der Waals surface area contributed by atoms with Crippen molar-refractivity contribution < 1.29 is 14.3 Å². The third-order valence-electron chi connectivity index (χ3n) is 9.33. The maximum absolute atomic E-state index is 12.3. The average Bonchev–Trinajstić information content (AvgIpc) is 3.64. The van der Waals surface area contributed by atoms with E-state index in [2.05, 4.69) is 76.0 Å². The van der Waals surface area contributed by atoms with Crippen LogP contribution < -0.4 is 9.64 Å². The third kappa shape index (κ3) is 5.40. The normalized spacial score (nSPS) is 17.0. The van der Waals surface area contributed by atoms with Crippen LogP contribution in [0.3, 0.4) is 0 Å². The van der Waals surface area contributed by atoms with Crippen LogP contribution in [0.5, 0.6) is 5.75 Å². The molecule has 7 nitrogen and oxygen atoms in total. The van der Waals surface area contributed by atoms with E-state index in [4.69, 9.17) is 19.4 Å². The van der Waals surface area contributed by atoms with Crippen LogP contribution in [0.4, 0.5) is 5.69 Å². The molecule has 0 radical (unpaired) electrons. The van der Waals surface area contributed by atoms with Crippen molar-refractivity contribution in [2.75, 3.05) is 24.7 Å². The van der Waals surface area contributed by atoms with Crippen LogP contribution in [-0.2, 0) is 9.53 Å². The molecule has 4 aromatic rings. The van der Waals surface area contributed by atoms with Crippen LogP contribution in [0.25, 0.3) is 33.3 Å². The summed E-state index contributed by atoms with van der Waals surface area (Å²) in [5.74, 6) is 0.994. The Morgan fingerprint density at radius 3 is 2.20 bits per heavy atom. The molecule has 5 heterocycles. The molecule has 1 aromatic carbocycles. The summed E-state index contributed by atoms with van der Waals surface area (Å²) in [6, 6.07) is 12.7. The zero-order valence-electron chi connectivity index (χ0n) is 27.0. The Morgan fingerprint density at radius 1 is 0.886 bits per heavy atom. The summed E-state index contributed by atoms with van der Waals surface area (Å²) in [6.45, 7) is 16.4. The number of aromatic nitrogens is 3. The Balaban J connectivity index is 1.47. The largest absolute Gasteiger partial charge is 0.488 e. The standard InChI is InChI=1S/C36H46N4O3S/c1-24(2)44(25(3)4,26(5)6)40-17-13-32-35(33(23-38-36(32)40)43-31-14-18-42-19-15-31)29-20-28(21-37-22-29)27-9-11-30(12-10-27)39-16-7-8-34(39)41/h9-13,17,20-26,31H,7-8,14-16,18-19H2,1-6H3. The van der Waals surface area contributed by atoms with Gasteiger partial charge in [0.25, 0.3) is 0 Å². The zero-order valence-corrected chi connectivity index (χ0v) is 27.8. The minimum absolute atomic E-state index is 0.0903. The number of ether oxygens (including phenoxy) is 2. The first-order chi connectivity index (χ1) is 21.2. The topological polar surface area (TPSA) is 69.5 Å². The van der Waals surface area contributed by atoms with Gasteiger partial charge in [0.2, 0.25) is 5.91 Å². The lowest BCUT2D eigenvalue weighted by molar-refractivity contribution is -0.117. The molecule has 234 valence electrons. The Hall–Kier alpha value is -3.36. The minimum Gasteiger partial charge on any atom is -0.488 e. The van der Waals surface area contributed by atoms with Gasteiger partial charge in [-0.2, -0.15) is 10.2 Å². The highest BCUT2D eigenvalue weighted by atomic mass is 32.3. The number of hydrogen-bond acceptors (Lipinski definition) is 5. The number of pyridine rings is 2. The van der Waals surface area contributed by atoms with Gasteiger partial charge >= 0.3 is 0 Å². The third-order valence-corrected chi connectivity index (χ3v) is 14.8. The summed E-state index contributed by atoms with van der Waals surface area (Å²) in [4.78, 5) is 24.0. The number of anilines is 1. The predicted molar refractivity (Wildman–Crippen MR) is 183 cm³/mol. The molecule has 0 saturated carbocycles. The highest BCUT2D eigenvalue weighted by Gasteiger charge is 2.38. The van der Waals surface area contributed by atoms with Crippen molar-refractivity contribution in [1.29, 1.82) is 0 Å². The van der Waals surface area contributed by atoms with Crippen molar-refractivity contribution in [3.05, 3.63) is 61.2 Å². The summed E-state index contributed by atoms with van der Waals surface area (Å²) in [6.07, 6.45) is 11.4. The summed E-state index contributed by atoms with van der Waals surface area (Å²) in [5.41, 5.74) is 6.10. The number of amides is 1. The Bertz CT molecular complexity index is 1600. The number of carbonyl (C=O) groups excluding carboxylic acids is 1. The number of carbonyl (C=O) groups is 1. The lowest BCUT2D eigenvalue weighted by Crippen LogP contribution is -2.34. The Kier molecular flexibility index (Phi) is 8.75. The van der Waals surface area contributed by atoms with Crippen LogP contribution in [0.2, 0.25) is 0 Å². The van der Waals surface area contributed by atoms with E-state index in [0.717, 1.165) is 70.5 Å². The van der Waals surface area contributed by atoms with Crippen LogP contribution in [0, 0.1) is 0 Å². The lowest BCUT2D eigenvalue weighted by Gasteiger charge is -2.52. The smallest absolute Gasteiger partial charge is 0.227 e. The van der Waals surface area contributed by atoms with Crippen molar-refractivity contribution >= 4 is 32.8 Å². The number of nitrogens with zero attached hydrogens (tertiary/aromatic N) is 4. The molecule has 2 fully saturated rings. The second kappa shape index (κ2) is 12.6. The summed E-state index contributed by atoms with van der Waals surface area (Å²) in [7, 11) is -1.26. The average molecular weight is 615 g/mol. The molecule has 44 heavy (non-hydrogen) atoms. The van der Waals surface area contributed by atoms with E-state index in [1.165, 1.54) is 0 Å². The van der Waals surface area contributed by atoms with Gasteiger partial charge in [0.1, 0.15) is 17.5 Å². The number of hydrogen-bond donors (Lipinski definition) is 0. The lowest BCUT2D eigenvalue weighted by atomic mass is 9.99. The summed E-state index contributed by atoms with van der Waals surface area (Å²) < 4.78 is 14.8. The van der Waals surface area contributed by atoms with Gasteiger partial charge in [-0.25, -0.2) is 4.98 Å². The molecule has 3 aromatic heterocycles.